The number of halogens is 2. The summed E-state index contributed by atoms with van der Waals surface area (Å²) in [6, 6.07) is 11.3. The molecule has 1 fully saturated rings. The smallest absolute Gasteiger partial charge is 0.244 e. The van der Waals surface area contributed by atoms with Crippen LogP contribution in [0, 0.1) is 0 Å². The molecule has 202 valence electrons. The number of carbonyl (C=O) groups is 2. The molecule has 3 rings (SSSR count). The second-order valence-corrected chi connectivity index (χ2v) is 12.7. The number of nitrogens with one attached hydrogen (secondary N) is 1. The van der Waals surface area contributed by atoms with Crippen molar-refractivity contribution in [2.24, 2.45) is 0 Å². The summed E-state index contributed by atoms with van der Waals surface area (Å²) >= 11 is 12.4. The fourth-order valence-corrected chi connectivity index (χ4v) is 5.94. The van der Waals surface area contributed by atoms with Crippen molar-refractivity contribution in [3.8, 4) is 0 Å². The monoisotopic (exact) mass is 567 g/mol. The van der Waals surface area contributed by atoms with E-state index in [0.717, 1.165) is 41.8 Å². The van der Waals surface area contributed by atoms with Gasteiger partial charge in [-0.15, -0.1) is 0 Å². The van der Waals surface area contributed by atoms with Crippen molar-refractivity contribution in [3.05, 3.63) is 63.6 Å². The van der Waals surface area contributed by atoms with E-state index in [4.69, 9.17) is 23.2 Å². The van der Waals surface area contributed by atoms with Gasteiger partial charge in [-0.05, 0) is 55.0 Å². The average molecular weight is 569 g/mol. The second-order valence-electron chi connectivity index (χ2n) is 9.91. The number of hydrogen-bond acceptors (Lipinski definition) is 4. The molecule has 2 aromatic rings. The molecule has 0 bridgehead atoms. The molecule has 1 aliphatic carbocycles. The third-order valence-electron chi connectivity index (χ3n) is 6.73. The summed E-state index contributed by atoms with van der Waals surface area (Å²) in [7, 11) is -3.81. The summed E-state index contributed by atoms with van der Waals surface area (Å²) in [6.45, 7) is 5.15. The van der Waals surface area contributed by atoms with Gasteiger partial charge < -0.3 is 10.2 Å². The first-order valence-corrected chi connectivity index (χ1v) is 15.1. The van der Waals surface area contributed by atoms with Crippen LogP contribution in [0.1, 0.15) is 63.5 Å². The maximum Gasteiger partial charge on any atom is 0.244 e. The number of carbonyl (C=O) groups excluding carboxylic acids is 2. The van der Waals surface area contributed by atoms with E-state index in [1.165, 1.54) is 4.90 Å². The van der Waals surface area contributed by atoms with E-state index >= 15 is 0 Å². The van der Waals surface area contributed by atoms with Gasteiger partial charge in [0.05, 0.1) is 11.9 Å². The van der Waals surface area contributed by atoms with Crippen molar-refractivity contribution in [1.82, 2.24) is 10.2 Å². The molecule has 7 nitrogen and oxygen atoms in total. The van der Waals surface area contributed by atoms with Crippen LogP contribution in [0.15, 0.2) is 42.5 Å². The van der Waals surface area contributed by atoms with Crippen molar-refractivity contribution in [2.75, 3.05) is 17.1 Å². The maximum absolute atomic E-state index is 13.8. The molecule has 1 atom stereocenters. The highest BCUT2D eigenvalue weighted by atomic mass is 35.5. The zero-order valence-corrected chi connectivity index (χ0v) is 24.0. The molecule has 1 saturated carbocycles. The number of sulfonamides is 1. The van der Waals surface area contributed by atoms with Gasteiger partial charge in [-0.25, -0.2) is 8.42 Å². The van der Waals surface area contributed by atoms with Crippen molar-refractivity contribution in [3.63, 3.8) is 0 Å². The van der Waals surface area contributed by atoms with Crippen molar-refractivity contribution in [2.45, 2.75) is 71.0 Å². The summed E-state index contributed by atoms with van der Waals surface area (Å²) < 4.78 is 26.9. The summed E-state index contributed by atoms with van der Waals surface area (Å²) in [5, 5.41) is 3.86. The highest BCUT2D eigenvalue weighted by molar-refractivity contribution is 7.92. The first kappa shape index (κ1) is 29.3. The van der Waals surface area contributed by atoms with Crippen LogP contribution in [0.3, 0.4) is 0 Å². The number of benzene rings is 2. The van der Waals surface area contributed by atoms with Gasteiger partial charge in [-0.1, -0.05) is 74.2 Å². The third kappa shape index (κ3) is 7.62. The maximum atomic E-state index is 13.8. The lowest BCUT2D eigenvalue weighted by Gasteiger charge is -2.33. The first-order valence-electron chi connectivity index (χ1n) is 12.5. The Morgan fingerprint density at radius 3 is 2.30 bits per heavy atom. The molecule has 1 N–H and O–H groups in total. The standard InChI is InChI=1S/C27H35Cl2N3O4S/c1-18(2)23-11-7-8-12-25(23)32(37(4,35)36)17-26(33)31(16-20-13-14-21(28)15-24(20)29)19(3)27(34)30-22-9-5-6-10-22/h7-8,11-15,18-19,22H,5-6,9-10,16-17H2,1-4H3,(H,30,34)/t19-/m1/s1. The Hall–Kier alpha value is -2.29. The predicted octanol–water partition coefficient (Wildman–Crippen LogP) is 5.36. The lowest BCUT2D eigenvalue weighted by molar-refractivity contribution is -0.139. The van der Waals surface area contributed by atoms with Gasteiger partial charge >= 0.3 is 0 Å². The Bertz CT molecular complexity index is 1230. The number of para-hydroxylation sites is 1. The van der Waals surface area contributed by atoms with Crippen LogP contribution in [0.25, 0.3) is 0 Å². The van der Waals surface area contributed by atoms with Gasteiger partial charge in [0.25, 0.3) is 0 Å². The Labute approximate surface area is 230 Å². The Kier molecular flexibility index (Phi) is 9.89. The van der Waals surface area contributed by atoms with Crippen LogP contribution in [0.4, 0.5) is 5.69 Å². The molecule has 0 aliphatic heterocycles. The van der Waals surface area contributed by atoms with E-state index in [1.807, 2.05) is 26.0 Å². The van der Waals surface area contributed by atoms with Crippen molar-refractivity contribution < 1.29 is 18.0 Å². The summed E-state index contributed by atoms with van der Waals surface area (Å²) in [5.41, 5.74) is 1.86. The molecule has 0 heterocycles. The summed E-state index contributed by atoms with van der Waals surface area (Å²) in [4.78, 5) is 28.4. The Morgan fingerprint density at radius 1 is 1.05 bits per heavy atom. The van der Waals surface area contributed by atoms with E-state index in [-0.39, 0.29) is 24.4 Å². The van der Waals surface area contributed by atoms with Crippen LogP contribution in [-0.4, -0.2) is 50.0 Å². The second kappa shape index (κ2) is 12.5. The normalized spacial score (nSPS) is 15.0. The zero-order valence-electron chi connectivity index (χ0n) is 21.7. The van der Waals surface area contributed by atoms with Crippen LogP contribution in [0.2, 0.25) is 10.0 Å². The van der Waals surface area contributed by atoms with E-state index in [9.17, 15) is 18.0 Å². The van der Waals surface area contributed by atoms with Crippen LogP contribution < -0.4 is 9.62 Å². The number of amides is 2. The van der Waals surface area contributed by atoms with Gasteiger partial charge in [0, 0.05) is 22.6 Å². The van der Waals surface area contributed by atoms with Gasteiger partial charge in [0.1, 0.15) is 12.6 Å². The molecule has 0 spiro atoms. The molecular weight excluding hydrogens is 533 g/mol. The number of rotatable bonds is 10. The molecule has 0 radical (unpaired) electrons. The molecule has 1 aliphatic rings. The van der Waals surface area contributed by atoms with Crippen LogP contribution in [-0.2, 0) is 26.2 Å². The van der Waals surface area contributed by atoms with E-state index in [2.05, 4.69) is 5.32 Å². The van der Waals surface area contributed by atoms with E-state index in [0.29, 0.717) is 21.3 Å². The largest absolute Gasteiger partial charge is 0.352 e. The summed E-state index contributed by atoms with van der Waals surface area (Å²) in [6.07, 6.45) is 5.00. The van der Waals surface area contributed by atoms with E-state index in [1.54, 1.807) is 37.3 Å². The summed E-state index contributed by atoms with van der Waals surface area (Å²) in [5.74, 6) is -0.751. The molecule has 0 aromatic heterocycles. The van der Waals surface area contributed by atoms with Crippen LogP contribution >= 0.6 is 23.2 Å². The highest BCUT2D eigenvalue weighted by Crippen LogP contribution is 2.30. The number of anilines is 1. The minimum atomic E-state index is -3.81. The Morgan fingerprint density at radius 2 is 1.70 bits per heavy atom. The molecular formula is C27H35Cl2N3O4S. The SMILES string of the molecule is CC(C)c1ccccc1N(CC(=O)N(Cc1ccc(Cl)cc1Cl)[C@H](C)C(=O)NC1CCCC1)S(C)(=O)=O. The molecule has 0 saturated heterocycles. The topological polar surface area (TPSA) is 86.8 Å². The lowest BCUT2D eigenvalue weighted by atomic mass is 10.0. The first-order chi connectivity index (χ1) is 17.4. The third-order valence-corrected chi connectivity index (χ3v) is 8.44. The van der Waals surface area contributed by atoms with Gasteiger partial charge in [0.15, 0.2) is 0 Å². The predicted molar refractivity (Wildman–Crippen MR) is 150 cm³/mol. The lowest BCUT2D eigenvalue weighted by Crippen LogP contribution is -2.52. The number of hydrogen-bond donors (Lipinski definition) is 1. The average Bonchev–Trinajstić information content (AvgIpc) is 3.33. The van der Waals surface area contributed by atoms with Gasteiger partial charge in [-0.2, -0.15) is 0 Å². The molecule has 0 unspecified atom stereocenters. The minimum Gasteiger partial charge on any atom is -0.352 e. The fourth-order valence-electron chi connectivity index (χ4n) is 4.61. The van der Waals surface area contributed by atoms with Gasteiger partial charge in [0.2, 0.25) is 21.8 Å². The minimum absolute atomic E-state index is 0.0253. The zero-order chi connectivity index (χ0) is 27.3. The highest BCUT2D eigenvalue weighted by Gasteiger charge is 2.32. The Balaban J connectivity index is 1.95. The molecule has 10 heteroatoms. The quantitative estimate of drug-likeness (QED) is 0.418. The molecule has 2 aromatic carbocycles. The van der Waals surface area contributed by atoms with Gasteiger partial charge in [-0.3, -0.25) is 13.9 Å². The fraction of sp³-hybridized carbons (Fsp3) is 0.481. The molecule has 37 heavy (non-hydrogen) atoms. The number of nitrogens with zero attached hydrogens (tertiary/aromatic N) is 2. The van der Waals surface area contributed by atoms with Crippen molar-refractivity contribution in [1.29, 1.82) is 0 Å². The van der Waals surface area contributed by atoms with Crippen LogP contribution in [0.5, 0.6) is 0 Å². The van der Waals surface area contributed by atoms with E-state index < -0.39 is 28.5 Å². The van der Waals surface area contributed by atoms with Crippen molar-refractivity contribution >= 4 is 50.7 Å². The molecule has 2 amide bonds.